The second kappa shape index (κ2) is 3.57. The minimum absolute atomic E-state index is 0.361. The number of hydrogen-bond donors (Lipinski definition) is 1. The van der Waals surface area contributed by atoms with Crippen LogP contribution in [0.2, 0.25) is 0 Å². The maximum atomic E-state index is 4.24. The van der Waals surface area contributed by atoms with E-state index in [0.29, 0.717) is 11.8 Å². The second-order valence-corrected chi connectivity index (χ2v) is 3.54. The molecule has 0 saturated heterocycles. The van der Waals surface area contributed by atoms with Crippen molar-refractivity contribution in [3.8, 4) is 0 Å². The van der Waals surface area contributed by atoms with Gasteiger partial charge in [0.2, 0.25) is 0 Å². The van der Waals surface area contributed by atoms with E-state index in [2.05, 4.69) is 30.4 Å². The topological polar surface area (TPSA) is 28.7 Å². The summed E-state index contributed by atoms with van der Waals surface area (Å²) in [6.45, 7) is 10.4. The number of nitrogens with one attached hydrogen (secondary N) is 1. The molecule has 0 aromatic carbocycles. The lowest BCUT2D eigenvalue weighted by Crippen LogP contribution is -2.09. The van der Waals surface area contributed by atoms with Crippen LogP contribution in [0.3, 0.4) is 0 Å². The summed E-state index contributed by atoms with van der Waals surface area (Å²) >= 11 is 0. The fraction of sp³-hybridized carbons (Fsp3) is 0.500. The monoisotopic (exact) mass is 164 g/mol. The summed E-state index contributed by atoms with van der Waals surface area (Å²) in [7, 11) is 0. The van der Waals surface area contributed by atoms with Crippen molar-refractivity contribution in [2.24, 2.45) is 5.92 Å². The van der Waals surface area contributed by atoms with Crippen LogP contribution in [0.15, 0.2) is 24.5 Å². The molecular weight excluding hydrogens is 148 g/mol. The third-order valence-electron chi connectivity index (χ3n) is 2.01. The van der Waals surface area contributed by atoms with Crippen LogP contribution in [-0.4, -0.2) is 9.97 Å². The van der Waals surface area contributed by atoms with Crippen LogP contribution in [0.5, 0.6) is 0 Å². The number of imidazole rings is 1. The molecule has 12 heavy (non-hydrogen) atoms. The van der Waals surface area contributed by atoms with Gasteiger partial charge in [0.15, 0.2) is 0 Å². The van der Waals surface area contributed by atoms with Crippen molar-refractivity contribution in [2.45, 2.75) is 26.7 Å². The number of aromatic nitrogens is 2. The Balaban J connectivity index is 2.88. The van der Waals surface area contributed by atoms with Crippen LogP contribution in [-0.2, 0) is 0 Å². The van der Waals surface area contributed by atoms with Crippen molar-refractivity contribution >= 4 is 0 Å². The van der Waals surface area contributed by atoms with Gasteiger partial charge in [-0.25, -0.2) is 4.98 Å². The Bertz CT molecular complexity index is 247. The molecule has 0 radical (unpaired) electrons. The molecule has 1 atom stereocenters. The summed E-state index contributed by atoms with van der Waals surface area (Å²) in [5.74, 6) is 1.94. The van der Waals surface area contributed by atoms with Crippen molar-refractivity contribution in [3.63, 3.8) is 0 Å². The molecule has 0 bridgehead atoms. The lowest BCUT2D eigenvalue weighted by atomic mass is 9.89. The molecule has 2 nitrogen and oxygen atoms in total. The summed E-state index contributed by atoms with van der Waals surface area (Å²) in [5, 5.41) is 0. The van der Waals surface area contributed by atoms with Crippen LogP contribution in [0.25, 0.3) is 0 Å². The molecule has 0 aliphatic rings. The zero-order valence-electron chi connectivity index (χ0n) is 7.96. The first-order valence-electron chi connectivity index (χ1n) is 4.27. The van der Waals surface area contributed by atoms with E-state index >= 15 is 0 Å². The van der Waals surface area contributed by atoms with Gasteiger partial charge in [-0.15, -0.1) is 0 Å². The summed E-state index contributed by atoms with van der Waals surface area (Å²) in [4.78, 5) is 7.37. The van der Waals surface area contributed by atoms with Gasteiger partial charge in [-0.05, 0) is 12.8 Å². The van der Waals surface area contributed by atoms with Crippen LogP contribution in [0.1, 0.15) is 32.5 Å². The predicted octanol–water partition coefficient (Wildman–Crippen LogP) is 2.73. The highest BCUT2D eigenvalue weighted by molar-refractivity contribution is 5.14. The van der Waals surface area contributed by atoms with Crippen LogP contribution in [0.4, 0.5) is 0 Å². The van der Waals surface area contributed by atoms with E-state index in [-0.39, 0.29) is 0 Å². The molecule has 0 amide bonds. The van der Waals surface area contributed by atoms with Crippen LogP contribution >= 0.6 is 0 Å². The quantitative estimate of drug-likeness (QED) is 0.684. The first kappa shape index (κ1) is 9.04. The molecular formula is C10H16N2. The molecule has 1 heterocycles. The van der Waals surface area contributed by atoms with E-state index in [1.807, 2.05) is 13.1 Å². The Kier molecular flexibility index (Phi) is 2.69. The summed E-state index contributed by atoms with van der Waals surface area (Å²) in [6, 6.07) is 0. The first-order chi connectivity index (χ1) is 5.63. The second-order valence-electron chi connectivity index (χ2n) is 3.54. The van der Waals surface area contributed by atoms with E-state index in [4.69, 9.17) is 0 Å². The number of allylic oxidation sites excluding steroid dienone is 1. The van der Waals surface area contributed by atoms with Gasteiger partial charge in [0, 0.05) is 18.3 Å². The lowest BCUT2D eigenvalue weighted by molar-refractivity contribution is 0.535. The van der Waals surface area contributed by atoms with Gasteiger partial charge < -0.3 is 4.98 Å². The van der Waals surface area contributed by atoms with Crippen molar-refractivity contribution in [2.75, 3.05) is 0 Å². The van der Waals surface area contributed by atoms with Gasteiger partial charge in [-0.3, -0.25) is 0 Å². The Morgan fingerprint density at radius 2 is 2.25 bits per heavy atom. The molecule has 1 aromatic heterocycles. The molecule has 0 spiro atoms. The van der Waals surface area contributed by atoms with Crippen molar-refractivity contribution in [1.29, 1.82) is 0 Å². The molecule has 66 valence electrons. The van der Waals surface area contributed by atoms with Crippen molar-refractivity contribution in [1.82, 2.24) is 9.97 Å². The number of nitrogens with zero attached hydrogens (tertiary/aromatic N) is 1. The highest BCUT2D eigenvalue weighted by Gasteiger charge is 2.18. The smallest absolute Gasteiger partial charge is 0.113 e. The summed E-state index contributed by atoms with van der Waals surface area (Å²) < 4.78 is 0. The van der Waals surface area contributed by atoms with E-state index in [1.54, 1.807) is 6.20 Å². The molecule has 1 N–H and O–H groups in total. The zero-order chi connectivity index (χ0) is 9.14. The summed E-state index contributed by atoms with van der Waals surface area (Å²) in [6.07, 6.45) is 3.64. The van der Waals surface area contributed by atoms with Gasteiger partial charge in [-0.2, -0.15) is 0 Å². The molecule has 0 fully saturated rings. The van der Waals surface area contributed by atoms with E-state index < -0.39 is 0 Å². The van der Waals surface area contributed by atoms with Gasteiger partial charge in [0.25, 0.3) is 0 Å². The molecule has 0 saturated carbocycles. The van der Waals surface area contributed by atoms with Crippen LogP contribution < -0.4 is 0 Å². The average molecular weight is 164 g/mol. The summed E-state index contributed by atoms with van der Waals surface area (Å²) in [5.41, 5.74) is 1.17. The Labute approximate surface area is 73.7 Å². The third-order valence-corrected chi connectivity index (χ3v) is 2.01. The lowest BCUT2D eigenvalue weighted by Gasteiger charge is -2.18. The Hall–Kier alpha value is -1.05. The van der Waals surface area contributed by atoms with Gasteiger partial charge >= 0.3 is 0 Å². The van der Waals surface area contributed by atoms with Gasteiger partial charge in [-0.1, -0.05) is 26.0 Å². The van der Waals surface area contributed by atoms with Gasteiger partial charge in [0.1, 0.15) is 5.82 Å². The first-order valence-corrected chi connectivity index (χ1v) is 4.27. The SMILES string of the molecule is C=C(C)C(c1ncc[nH]1)C(C)C. The maximum absolute atomic E-state index is 4.24. The number of rotatable bonds is 3. The fourth-order valence-corrected chi connectivity index (χ4v) is 1.57. The minimum atomic E-state index is 0.361. The standard InChI is InChI=1S/C10H16N2/c1-7(2)9(8(3)4)10-11-5-6-12-10/h5-6,8-9H,1H2,2-4H3,(H,11,12). The predicted molar refractivity (Wildman–Crippen MR) is 51.0 cm³/mol. The highest BCUT2D eigenvalue weighted by atomic mass is 14.9. The van der Waals surface area contributed by atoms with Gasteiger partial charge in [0.05, 0.1) is 0 Å². The molecule has 1 aromatic rings. The van der Waals surface area contributed by atoms with Crippen LogP contribution in [0, 0.1) is 5.92 Å². The Morgan fingerprint density at radius 3 is 2.58 bits per heavy atom. The number of H-pyrrole nitrogens is 1. The van der Waals surface area contributed by atoms with E-state index in [0.717, 1.165) is 5.82 Å². The molecule has 0 aliphatic carbocycles. The van der Waals surface area contributed by atoms with E-state index in [9.17, 15) is 0 Å². The zero-order valence-corrected chi connectivity index (χ0v) is 7.96. The third kappa shape index (κ3) is 1.76. The van der Waals surface area contributed by atoms with E-state index in [1.165, 1.54) is 5.57 Å². The molecule has 1 unspecified atom stereocenters. The molecule has 1 rings (SSSR count). The maximum Gasteiger partial charge on any atom is 0.113 e. The number of aromatic amines is 1. The van der Waals surface area contributed by atoms with Crippen molar-refractivity contribution < 1.29 is 0 Å². The molecule has 0 aliphatic heterocycles. The number of hydrogen-bond acceptors (Lipinski definition) is 1. The Morgan fingerprint density at radius 1 is 1.58 bits per heavy atom. The van der Waals surface area contributed by atoms with Crippen molar-refractivity contribution in [3.05, 3.63) is 30.4 Å². The highest BCUT2D eigenvalue weighted by Crippen LogP contribution is 2.27. The average Bonchev–Trinajstić information content (AvgIpc) is 2.37. The molecule has 2 heteroatoms. The minimum Gasteiger partial charge on any atom is -0.348 e. The largest absolute Gasteiger partial charge is 0.348 e. The fourth-order valence-electron chi connectivity index (χ4n) is 1.57. The normalized spacial score (nSPS) is 13.3.